The molecule has 2 bridgehead atoms. The van der Waals surface area contributed by atoms with Crippen LogP contribution < -0.4 is 14.5 Å². The Morgan fingerprint density at radius 1 is 0.853 bits per heavy atom. The Balaban J connectivity index is 1.12. The molecular weight excluding hydrogens is 500 g/mol. The van der Waals surface area contributed by atoms with Crippen molar-refractivity contribution in [3.63, 3.8) is 0 Å². The summed E-state index contributed by atoms with van der Waals surface area (Å²) in [4.78, 5) is 54.1. The van der Waals surface area contributed by atoms with Crippen LogP contribution in [0.25, 0.3) is 0 Å². The lowest BCUT2D eigenvalue weighted by molar-refractivity contribution is -0.139. The average molecular weight is 523 g/mol. The van der Waals surface area contributed by atoms with E-state index in [2.05, 4.69) is 15.9 Å². The lowest BCUT2D eigenvalue weighted by Crippen LogP contribution is -2.32. The summed E-state index contributed by atoms with van der Waals surface area (Å²) in [6.45, 7) is 0.263. The van der Waals surface area contributed by atoms with Gasteiger partial charge in [-0.1, -0.05) is 15.9 Å². The van der Waals surface area contributed by atoms with E-state index in [0.29, 0.717) is 23.3 Å². The van der Waals surface area contributed by atoms with E-state index < -0.39 is 11.9 Å². The van der Waals surface area contributed by atoms with Gasteiger partial charge in [-0.2, -0.15) is 0 Å². The molecule has 2 saturated heterocycles. The predicted molar refractivity (Wildman–Crippen MR) is 127 cm³/mol. The Labute approximate surface area is 205 Å². The van der Waals surface area contributed by atoms with Gasteiger partial charge in [0.25, 0.3) is 0 Å². The van der Waals surface area contributed by atoms with Gasteiger partial charge in [0, 0.05) is 23.1 Å². The lowest BCUT2D eigenvalue weighted by atomic mass is 9.81. The van der Waals surface area contributed by atoms with Crippen LogP contribution in [0.3, 0.4) is 0 Å². The Bertz CT molecular complexity index is 1170. The maximum Gasteiger partial charge on any atom is 0.316 e. The number of imide groups is 1. The number of rotatable bonds is 4. The fourth-order valence-corrected chi connectivity index (χ4v) is 6.53. The molecule has 0 unspecified atom stereocenters. The van der Waals surface area contributed by atoms with Gasteiger partial charge in [0.05, 0.1) is 23.4 Å². The summed E-state index contributed by atoms with van der Waals surface area (Å²) in [5.41, 5.74) is 1.26. The van der Waals surface area contributed by atoms with Gasteiger partial charge < -0.3 is 9.64 Å². The molecule has 2 heterocycles. The molecule has 0 spiro atoms. The average Bonchev–Trinajstić information content (AvgIpc) is 3.59. The third-order valence-electron chi connectivity index (χ3n) is 7.84. The number of nitrogens with zero attached hydrogens (tertiary/aromatic N) is 2. The van der Waals surface area contributed by atoms with Crippen LogP contribution in [0, 0.1) is 29.6 Å². The lowest BCUT2D eigenvalue weighted by Gasteiger charge is -2.19. The molecule has 2 aromatic rings. The quantitative estimate of drug-likeness (QED) is 0.345. The second-order valence-electron chi connectivity index (χ2n) is 9.69. The summed E-state index contributed by atoms with van der Waals surface area (Å²) in [5, 5.41) is 0. The number of benzene rings is 2. The van der Waals surface area contributed by atoms with Crippen LogP contribution in [0.2, 0.25) is 0 Å². The highest BCUT2D eigenvalue weighted by molar-refractivity contribution is 9.10. The molecule has 2 aliphatic carbocycles. The van der Waals surface area contributed by atoms with Crippen molar-refractivity contribution in [3.8, 4) is 5.75 Å². The van der Waals surface area contributed by atoms with E-state index in [0.717, 1.165) is 29.4 Å². The monoisotopic (exact) mass is 522 g/mol. The van der Waals surface area contributed by atoms with Crippen LogP contribution in [0.1, 0.15) is 25.7 Å². The van der Waals surface area contributed by atoms with E-state index in [1.54, 1.807) is 29.2 Å². The highest BCUT2D eigenvalue weighted by Gasteiger charge is 2.61. The van der Waals surface area contributed by atoms with Crippen molar-refractivity contribution in [1.82, 2.24) is 0 Å². The number of esters is 1. The van der Waals surface area contributed by atoms with Crippen molar-refractivity contribution in [2.75, 3.05) is 16.3 Å². The Morgan fingerprint density at radius 2 is 1.44 bits per heavy atom. The van der Waals surface area contributed by atoms with Crippen molar-refractivity contribution < 1.29 is 23.9 Å². The molecule has 6 rings (SSSR count). The zero-order valence-corrected chi connectivity index (χ0v) is 19.9. The van der Waals surface area contributed by atoms with E-state index in [-0.39, 0.29) is 42.5 Å². The topological polar surface area (TPSA) is 84.0 Å². The SMILES string of the molecule is O=C(Oc1ccc(N2C(=O)[C@@H]3[C@H]4CC[C@@H](C4)[C@@H]3C2=O)cc1)[C@@H]1CC(=O)N(c2ccc(Br)cc2)C1. The van der Waals surface area contributed by atoms with Crippen LogP contribution in [0.4, 0.5) is 11.4 Å². The molecule has 3 amide bonds. The maximum atomic E-state index is 13.0. The van der Waals surface area contributed by atoms with E-state index in [4.69, 9.17) is 4.74 Å². The molecule has 2 aliphatic heterocycles. The normalized spacial score (nSPS) is 29.8. The van der Waals surface area contributed by atoms with Gasteiger partial charge in [0.15, 0.2) is 0 Å². The molecule has 0 radical (unpaired) electrons. The molecule has 7 nitrogen and oxygen atoms in total. The van der Waals surface area contributed by atoms with Gasteiger partial charge in [-0.05, 0) is 79.6 Å². The fraction of sp³-hybridized carbons (Fsp3) is 0.385. The summed E-state index contributed by atoms with van der Waals surface area (Å²) < 4.78 is 6.44. The number of amides is 3. The molecule has 2 aromatic carbocycles. The molecule has 174 valence electrons. The van der Waals surface area contributed by atoms with Crippen LogP contribution >= 0.6 is 15.9 Å². The fourth-order valence-electron chi connectivity index (χ4n) is 6.26. The van der Waals surface area contributed by atoms with E-state index >= 15 is 0 Å². The zero-order valence-electron chi connectivity index (χ0n) is 18.4. The summed E-state index contributed by atoms with van der Waals surface area (Å²) >= 11 is 3.38. The summed E-state index contributed by atoms with van der Waals surface area (Å²) in [6, 6.07) is 13.8. The number of hydrogen-bond acceptors (Lipinski definition) is 5. The number of carbonyl (C=O) groups excluding carboxylic acids is 4. The Kier molecular flexibility index (Phi) is 5.09. The number of ether oxygens (including phenoxy) is 1. The molecule has 2 saturated carbocycles. The number of hydrogen-bond donors (Lipinski definition) is 0. The molecule has 0 N–H and O–H groups in total. The molecule has 4 fully saturated rings. The standard InChI is InChI=1S/C26H23BrN2O5/c27-17-3-5-18(6-4-17)28-13-16(12-21(28)30)26(33)34-20-9-7-19(8-10-20)29-24(31)22-14-1-2-15(11-14)23(22)25(29)32/h3-10,14-16,22-23H,1-2,11-13H2/t14-,15-,16+,22-,23+/m0/s1. The summed E-state index contributed by atoms with van der Waals surface area (Å²) in [5.74, 6) is -0.686. The minimum absolute atomic E-state index is 0.0921. The maximum absolute atomic E-state index is 13.0. The first-order valence-corrected chi connectivity index (χ1v) is 12.5. The van der Waals surface area contributed by atoms with Gasteiger partial charge in [-0.15, -0.1) is 0 Å². The molecule has 34 heavy (non-hydrogen) atoms. The van der Waals surface area contributed by atoms with E-state index in [9.17, 15) is 19.2 Å². The van der Waals surface area contributed by atoms with Gasteiger partial charge in [0.2, 0.25) is 17.7 Å². The van der Waals surface area contributed by atoms with Crippen molar-refractivity contribution in [2.24, 2.45) is 29.6 Å². The minimum atomic E-state index is -0.563. The molecular formula is C26H23BrN2O5. The first kappa shape index (κ1) is 21.5. The highest BCUT2D eigenvalue weighted by atomic mass is 79.9. The van der Waals surface area contributed by atoms with Gasteiger partial charge in [0.1, 0.15) is 5.75 Å². The zero-order chi connectivity index (χ0) is 23.6. The second-order valence-corrected chi connectivity index (χ2v) is 10.6. The predicted octanol–water partition coefficient (Wildman–Crippen LogP) is 3.94. The van der Waals surface area contributed by atoms with Gasteiger partial charge >= 0.3 is 5.97 Å². The van der Waals surface area contributed by atoms with Crippen molar-refractivity contribution in [2.45, 2.75) is 25.7 Å². The number of carbonyl (C=O) groups is 4. The number of anilines is 2. The largest absolute Gasteiger partial charge is 0.426 e. The smallest absolute Gasteiger partial charge is 0.316 e. The Morgan fingerprint density at radius 3 is 2.06 bits per heavy atom. The van der Waals surface area contributed by atoms with Crippen molar-refractivity contribution >= 4 is 51.0 Å². The minimum Gasteiger partial charge on any atom is -0.426 e. The van der Waals surface area contributed by atoms with Crippen molar-refractivity contribution in [1.29, 1.82) is 0 Å². The second kappa shape index (κ2) is 8.05. The van der Waals surface area contributed by atoms with Crippen LogP contribution in [-0.2, 0) is 19.2 Å². The molecule has 8 heteroatoms. The highest BCUT2D eigenvalue weighted by Crippen LogP contribution is 2.56. The number of fused-ring (bicyclic) bond motifs is 5. The van der Waals surface area contributed by atoms with Crippen LogP contribution in [-0.4, -0.2) is 30.2 Å². The first-order valence-electron chi connectivity index (χ1n) is 11.7. The van der Waals surface area contributed by atoms with Crippen molar-refractivity contribution in [3.05, 3.63) is 53.0 Å². The van der Waals surface area contributed by atoms with Crippen LogP contribution in [0.5, 0.6) is 5.75 Å². The third kappa shape index (κ3) is 3.38. The third-order valence-corrected chi connectivity index (χ3v) is 8.37. The summed E-state index contributed by atoms with van der Waals surface area (Å²) in [6.07, 6.45) is 3.17. The van der Waals surface area contributed by atoms with E-state index in [1.165, 1.54) is 4.90 Å². The Hall–Kier alpha value is -3.00. The molecule has 0 aromatic heterocycles. The molecule has 4 aliphatic rings. The summed E-state index contributed by atoms with van der Waals surface area (Å²) in [7, 11) is 0. The van der Waals surface area contributed by atoms with E-state index in [1.807, 2.05) is 24.3 Å². The molecule has 5 atom stereocenters. The first-order chi connectivity index (χ1) is 16.4. The van der Waals surface area contributed by atoms with Gasteiger partial charge in [-0.3, -0.25) is 24.1 Å². The van der Waals surface area contributed by atoms with Gasteiger partial charge in [-0.25, -0.2) is 0 Å². The van der Waals surface area contributed by atoms with Crippen LogP contribution in [0.15, 0.2) is 53.0 Å². The number of halogens is 1.